The molecule has 0 amide bonds. The number of Topliss-reactive ketones (excluding diaryl/α,β-unsaturated/α-hetero) is 2. The smallest absolute Gasteiger partial charge is 0.306 e. The number of rotatable bonds is 47. The number of unbranched alkanes of at least 4 members (excludes halogenated alkanes) is 24. The number of carbonyl (C=O) groups excluding carboxylic acids is 6. The molecule has 7 atom stereocenters. The Morgan fingerprint density at radius 1 is 0.582 bits per heavy atom. The summed E-state index contributed by atoms with van der Waals surface area (Å²) >= 11 is 0. The van der Waals surface area contributed by atoms with E-state index < -0.39 is 29.4 Å². The third kappa shape index (κ3) is 23.3. The minimum atomic E-state index is -1.75. The van der Waals surface area contributed by atoms with Gasteiger partial charge in [-0.15, -0.1) is 0 Å². The molecule has 4 aliphatic carbocycles. The van der Waals surface area contributed by atoms with E-state index in [1.807, 2.05) is 6.92 Å². The Balaban J connectivity index is 1.19. The molecule has 3 saturated carbocycles. The Morgan fingerprint density at radius 3 is 1.58 bits per heavy atom. The molecule has 0 spiro atoms. The molecule has 0 bridgehead atoms. The van der Waals surface area contributed by atoms with E-state index >= 15 is 0 Å². The van der Waals surface area contributed by atoms with Crippen LogP contribution in [0.1, 0.15) is 297 Å². The number of carbonyl (C=O) groups is 6. The number of nitrogens with zero attached hydrogens (tertiary/aromatic N) is 1. The molecule has 12 heteroatoms. The van der Waals surface area contributed by atoms with Crippen molar-refractivity contribution in [3.05, 3.63) is 11.6 Å². The van der Waals surface area contributed by atoms with Gasteiger partial charge in [0, 0.05) is 56.1 Å². The first-order valence-electron chi connectivity index (χ1n) is 33.1. The maximum absolute atomic E-state index is 14.1. The van der Waals surface area contributed by atoms with E-state index in [2.05, 4.69) is 25.7 Å². The Morgan fingerprint density at radius 2 is 1.05 bits per heavy atom. The number of hydrogen-bond acceptors (Lipinski definition) is 12. The Kier molecular flexibility index (Phi) is 33.6. The Bertz CT molecular complexity index is 1820. The second kappa shape index (κ2) is 38.7. The van der Waals surface area contributed by atoms with Crippen molar-refractivity contribution in [1.29, 1.82) is 0 Å². The molecule has 0 saturated heterocycles. The van der Waals surface area contributed by atoms with Crippen LogP contribution in [0.5, 0.6) is 0 Å². The summed E-state index contributed by atoms with van der Waals surface area (Å²) < 4.78 is 16.9. The molecule has 454 valence electrons. The third-order valence-electron chi connectivity index (χ3n) is 19.4. The second-order valence-corrected chi connectivity index (χ2v) is 25.5. The summed E-state index contributed by atoms with van der Waals surface area (Å²) in [6, 6.07) is 0.158. The lowest BCUT2D eigenvalue weighted by molar-refractivity contribution is -0.173. The van der Waals surface area contributed by atoms with Gasteiger partial charge in [-0.2, -0.15) is 0 Å². The predicted octanol–water partition coefficient (Wildman–Crippen LogP) is 15.0. The number of esters is 3. The highest BCUT2D eigenvalue weighted by molar-refractivity contribution is 5.95. The molecular weight excluding hydrogens is 995 g/mol. The molecule has 12 nitrogen and oxygen atoms in total. The zero-order valence-electron chi connectivity index (χ0n) is 50.8. The van der Waals surface area contributed by atoms with Crippen LogP contribution in [0.3, 0.4) is 0 Å². The SMILES string of the molecule is CCCCCCCCCCCCCCOC(=O)CCCC(CCCC(=O)OCCCCCCCCCCCC)N(CCCCO)CCCCCCC(=O)OCC(=O)C1(O)CCC2C3CCC4=CC(=O)CCC4(C)C3C(=O)CC21C. The average molecular weight is 1110 g/mol. The van der Waals surface area contributed by atoms with Crippen LogP contribution in [0.15, 0.2) is 11.6 Å². The number of fused-ring (bicyclic) bond motifs is 5. The van der Waals surface area contributed by atoms with Crippen molar-refractivity contribution in [2.45, 2.75) is 309 Å². The van der Waals surface area contributed by atoms with E-state index in [1.165, 1.54) is 116 Å². The van der Waals surface area contributed by atoms with Gasteiger partial charge in [0.15, 0.2) is 12.4 Å². The zero-order chi connectivity index (χ0) is 57.2. The van der Waals surface area contributed by atoms with E-state index in [1.54, 1.807) is 6.08 Å². The largest absolute Gasteiger partial charge is 0.466 e. The molecule has 0 aliphatic heterocycles. The first-order chi connectivity index (χ1) is 38.2. The molecule has 0 aromatic heterocycles. The number of ketones is 3. The van der Waals surface area contributed by atoms with Crippen molar-refractivity contribution < 1.29 is 53.2 Å². The molecule has 4 rings (SSSR count). The highest BCUT2D eigenvalue weighted by Crippen LogP contribution is 2.66. The first kappa shape index (κ1) is 68.5. The van der Waals surface area contributed by atoms with Crippen molar-refractivity contribution >= 4 is 35.3 Å². The van der Waals surface area contributed by atoms with E-state index in [9.17, 15) is 39.0 Å². The van der Waals surface area contributed by atoms with Crippen LogP contribution in [0.25, 0.3) is 0 Å². The number of allylic oxidation sites excluding steroid dienone is 1. The van der Waals surface area contributed by atoms with Gasteiger partial charge in [0.1, 0.15) is 11.4 Å². The molecule has 79 heavy (non-hydrogen) atoms. The fourth-order valence-corrected chi connectivity index (χ4v) is 14.5. The quantitative estimate of drug-likeness (QED) is 0.0336. The number of hydrogen-bond donors (Lipinski definition) is 2. The minimum Gasteiger partial charge on any atom is -0.466 e. The summed E-state index contributed by atoms with van der Waals surface area (Å²) in [5.74, 6) is -1.25. The van der Waals surface area contributed by atoms with Gasteiger partial charge in [-0.3, -0.25) is 28.8 Å². The molecular formula is C67H115NO11. The van der Waals surface area contributed by atoms with E-state index in [4.69, 9.17) is 14.2 Å². The van der Waals surface area contributed by atoms with Crippen LogP contribution in [0.4, 0.5) is 0 Å². The summed E-state index contributed by atoms with van der Waals surface area (Å²) in [4.78, 5) is 81.5. The Labute approximate surface area is 480 Å². The van der Waals surface area contributed by atoms with Gasteiger partial charge >= 0.3 is 17.9 Å². The van der Waals surface area contributed by atoms with Gasteiger partial charge in [-0.1, -0.05) is 175 Å². The van der Waals surface area contributed by atoms with Crippen molar-refractivity contribution in [3.63, 3.8) is 0 Å². The lowest BCUT2D eigenvalue weighted by Crippen LogP contribution is -2.61. The standard InChI is InChI=1S/C67H115NO11/c1-5-7-9-11-13-15-17-18-20-22-26-32-50-78-62(74)39-34-36-55(35-33-38-61(73)77-49-31-25-21-19-16-14-12-10-8-6-2)68(47-29-30-48-69)46-28-24-23-27-37-63(75)79-53-60(72)67(76)45-43-58-57-41-40-54-51-56(70)42-44-65(54,3)64(57)59(71)52-66(58,67)4/h51,55,57-58,64,69,76H,5-50,52-53H2,1-4H3. The minimum absolute atomic E-state index is 0.00748. The van der Waals surface area contributed by atoms with Gasteiger partial charge in [0.25, 0.3) is 0 Å². The summed E-state index contributed by atoms with van der Waals surface area (Å²) in [5.41, 5.74) is -1.95. The van der Waals surface area contributed by atoms with E-state index in [0.29, 0.717) is 71.0 Å². The normalized spacial score (nSPS) is 23.9. The van der Waals surface area contributed by atoms with Crippen LogP contribution in [-0.4, -0.2) is 102 Å². The molecule has 7 unspecified atom stereocenters. The second-order valence-electron chi connectivity index (χ2n) is 25.5. The lowest BCUT2D eigenvalue weighted by Gasteiger charge is -2.57. The first-order valence-corrected chi connectivity index (χ1v) is 33.1. The third-order valence-corrected chi connectivity index (χ3v) is 19.4. The maximum Gasteiger partial charge on any atom is 0.306 e. The summed E-state index contributed by atoms with van der Waals surface area (Å²) in [5, 5.41) is 21.8. The average Bonchev–Trinajstić information content (AvgIpc) is 3.73. The predicted molar refractivity (Wildman–Crippen MR) is 315 cm³/mol. The summed E-state index contributed by atoms with van der Waals surface area (Å²) in [7, 11) is 0. The number of ether oxygens (including phenoxy) is 3. The fraction of sp³-hybridized carbons (Fsp3) is 0.881. The molecule has 3 fully saturated rings. The molecule has 0 heterocycles. The van der Waals surface area contributed by atoms with E-state index in [0.717, 1.165) is 95.7 Å². The summed E-state index contributed by atoms with van der Waals surface area (Å²) in [6.07, 6.45) is 41.4. The summed E-state index contributed by atoms with van der Waals surface area (Å²) in [6.45, 7) is 10.7. The zero-order valence-corrected chi connectivity index (χ0v) is 50.8. The van der Waals surface area contributed by atoms with Crippen LogP contribution in [-0.2, 0) is 43.0 Å². The lowest BCUT2D eigenvalue weighted by atomic mass is 9.46. The van der Waals surface area contributed by atoms with Crippen LogP contribution in [0.2, 0.25) is 0 Å². The van der Waals surface area contributed by atoms with Crippen LogP contribution >= 0.6 is 0 Å². The Hall–Kier alpha value is -2.96. The molecule has 4 aliphatic rings. The highest BCUT2D eigenvalue weighted by Gasteiger charge is 2.68. The van der Waals surface area contributed by atoms with Gasteiger partial charge in [0.05, 0.1) is 13.2 Å². The topological polar surface area (TPSA) is 174 Å². The molecule has 2 N–H and O–H groups in total. The van der Waals surface area contributed by atoms with Crippen LogP contribution in [0, 0.1) is 28.6 Å². The van der Waals surface area contributed by atoms with Crippen molar-refractivity contribution in [2.75, 3.05) is 39.5 Å². The number of aliphatic hydroxyl groups is 2. The van der Waals surface area contributed by atoms with E-state index in [-0.39, 0.29) is 78.6 Å². The molecule has 0 radical (unpaired) electrons. The fourth-order valence-electron chi connectivity index (χ4n) is 14.5. The molecule has 0 aromatic carbocycles. The van der Waals surface area contributed by atoms with Gasteiger partial charge in [-0.05, 0) is 133 Å². The monoisotopic (exact) mass is 1110 g/mol. The van der Waals surface area contributed by atoms with Crippen molar-refractivity contribution in [1.82, 2.24) is 4.90 Å². The van der Waals surface area contributed by atoms with Crippen molar-refractivity contribution in [3.8, 4) is 0 Å². The maximum atomic E-state index is 14.1. The van der Waals surface area contributed by atoms with Crippen LogP contribution < -0.4 is 0 Å². The molecule has 0 aromatic rings. The van der Waals surface area contributed by atoms with Gasteiger partial charge in [0.2, 0.25) is 5.78 Å². The highest BCUT2D eigenvalue weighted by atomic mass is 16.5. The van der Waals surface area contributed by atoms with Gasteiger partial charge < -0.3 is 29.3 Å². The number of aliphatic hydroxyl groups excluding tert-OH is 1. The van der Waals surface area contributed by atoms with Gasteiger partial charge in [-0.25, -0.2) is 0 Å². The van der Waals surface area contributed by atoms with Crippen molar-refractivity contribution in [2.24, 2.45) is 28.6 Å².